The number of ether oxygens (including phenoxy) is 2. The Hall–Kier alpha value is -3.42. The lowest BCUT2D eigenvalue weighted by atomic mass is 10.1. The maximum Gasteiger partial charge on any atom is 0.319 e. The van der Waals surface area contributed by atoms with E-state index in [1.165, 1.54) is 6.42 Å². The summed E-state index contributed by atoms with van der Waals surface area (Å²) in [5, 5.41) is 5.61. The number of anilines is 2. The van der Waals surface area contributed by atoms with Crippen LogP contribution in [0.5, 0.6) is 11.5 Å². The molecule has 4 N–H and O–H groups in total. The van der Waals surface area contributed by atoms with Crippen molar-refractivity contribution in [1.82, 2.24) is 5.32 Å². The number of methoxy groups -OCH3 is 1. The van der Waals surface area contributed by atoms with E-state index in [1.54, 1.807) is 25.3 Å². The number of rotatable bonds is 8. The summed E-state index contributed by atoms with van der Waals surface area (Å²) in [6.45, 7) is 2.42. The highest BCUT2D eigenvalue weighted by Gasteiger charge is 2.17. The zero-order valence-electron chi connectivity index (χ0n) is 17.1. The zero-order chi connectivity index (χ0) is 21.3. The Morgan fingerprint density at radius 3 is 2.50 bits per heavy atom. The number of para-hydroxylation sites is 2. The molecule has 1 saturated heterocycles. The Balaban J connectivity index is 1.59. The van der Waals surface area contributed by atoms with Gasteiger partial charge in [0.1, 0.15) is 6.61 Å². The molecule has 0 aliphatic carbocycles. The minimum atomic E-state index is -0.533. The lowest BCUT2D eigenvalue weighted by Gasteiger charge is -2.30. The van der Waals surface area contributed by atoms with Crippen LogP contribution in [-0.4, -0.2) is 45.3 Å². The first kappa shape index (κ1) is 21.3. The van der Waals surface area contributed by atoms with Gasteiger partial charge in [0.05, 0.1) is 25.0 Å². The third kappa shape index (κ3) is 5.56. The first-order chi connectivity index (χ1) is 14.6. The molecule has 1 fully saturated rings. The molecule has 30 heavy (non-hydrogen) atoms. The van der Waals surface area contributed by atoms with E-state index >= 15 is 0 Å². The third-order valence-electron chi connectivity index (χ3n) is 4.94. The summed E-state index contributed by atoms with van der Waals surface area (Å²) in [7, 11) is 1.58. The molecule has 0 aromatic heterocycles. The molecule has 1 aliphatic rings. The number of piperidine rings is 1. The number of nitrogens with zero attached hydrogens (tertiary/aromatic N) is 1. The van der Waals surface area contributed by atoms with Gasteiger partial charge in [-0.2, -0.15) is 0 Å². The number of hydrogen-bond donors (Lipinski definition) is 3. The Morgan fingerprint density at radius 1 is 1.07 bits per heavy atom. The van der Waals surface area contributed by atoms with E-state index in [9.17, 15) is 9.59 Å². The highest BCUT2D eigenvalue weighted by molar-refractivity contribution is 5.98. The van der Waals surface area contributed by atoms with Gasteiger partial charge in [-0.15, -0.1) is 0 Å². The highest BCUT2D eigenvalue weighted by Crippen LogP contribution is 2.30. The van der Waals surface area contributed by atoms with Crippen LogP contribution in [0.25, 0.3) is 0 Å². The second-order valence-corrected chi connectivity index (χ2v) is 7.02. The van der Waals surface area contributed by atoms with E-state index in [0.29, 0.717) is 29.3 Å². The molecule has 0 atom stereocenters. The fourth-order valence-electron chi connectivity index (χ4n) is 3.43. The van der Waals surface area contributed by atoms with Crippen LogP contribution in [0.15, 0.2) is 42.5 Å². The van der Waals surface area contributed by atoms with Gasteiger partial charge in [0, 0.05) is 18.7 Å². The molecule has 2 aromatic carbocycles. The number of carbonyl (C=O) groups is 2. The van der Waals surface area contributed by atoms with Gasteiger partial charge in [-0.25, -0.2) is 4.79 Å². The molecule has 1 aliphatic heterocycles. The lowest BCUT2D eigenvalue weighted by Crippen LogP contribution is -2.34. The SMILES string of the molecule is COc1ccccc1OCCNC(=O)Nc1cc(C(N)=O)ccc1N1CCCCC1. The van der Waals surface area contributed by atoms with Gasteiger partial charge in [0.2, 0.25) is 5.91 Å². The van der Waals surface area contributed by atoms with Crippen molar-refractivity contribution in [3.8, 4) is 11.5 Å². The third-order valence-corrected chi connectivity index (χ3v) is 4.94. The molecule has 0 bridgehead atoms. The molecule has 0 spiro atoms. The summed E-state index contributed by atoms with van der Waals surface area (Å²) in [4.78, 5) is 26.2. The number of primary amides is 1. The van der Waals surface area contributed by atoms with Gasteiger partial charge in [0.15, 0.2) is 11.5 Å². The standard InChI is InChI=1S/C22H28N4O4/c1-29-19-7-3-4-8-20(19)30-14-11-24-22(28)25-17-15-16(21(23)27)9-10-18(17)26-12-5-2-6-13-26/h3-4,7-10,15H,2,5-6,11-14H2,1H3,(H2,23,27)(H2,24,25,28). The molecule has 0 unspecified atom stereocenters. The van der Waals surface area contributed by atoms with E-state index < -0.39 is 5.91 Å². The molecule has 3 amide bonds. The van der Waals surface area contributed by atoms with Gasteiger partial charge in [-0.05, 0) is 49.6 Å². The van der Waals surface area contributed by atoms with Crippen LogP contribution in [0.1, 0.15) is 29.6 Å². The van der Waals surface area contributed by atoms with E-state index in [-0.39, 0.29) is 12.6 Å². The van der Waals surface area contributed by atoms with Crippen molar-refractivity contribution in [2.75, 3.05) is 43.6 Å². The van der Waals surface area contributed by atoms with Crippen molar-refractivity contribution in [3.63, 3.8) is 0 Å². The van der Waals surface area contributed by atoms with Crippen molar-refractivity contribution in [2.24, 2.45) is 5.73 Å². The molecular formula is C22H28N4O4. The smallest absolute Gasteiger partial charge is 0.319 e. The van der Waals surface area contributed by atoms with Gasteiger partial charge < -0.3 is 30.7 Å². The minimum Gasteiger partial charge on any atom is -0.493 e. The topological polar surface area (TPSA) is 106 Å². The number of nitrogens with two attached hydrogens (primary N) is 1. The monoisotopic (exact) mass is 412 g/mol. The quantitative estimate of drug-likeness (QED) is 0.578. The molecule has 1 heterocycles. The number of nitrogens with one attached hydrogen (secondary N) is 2. The Labute approximate surface area is 176 Å². The highest BCUT2D eigenvalue weighted by atomic mass is 16.5. The van der Waals surface area contributed by atoms with Crippen LogP contribution in [0.2, 0.25) is 0 Å². The van der Waals surface area contributed by atoms with Crippen LogP contribution in [0.3, 0.4) is 0 Å². The first-order valence-corrected chi connectivity index (χ1v) is 10.1. The van der Waals surface area contributed by atoms with Gasteiger partial charge in [-0.1, -0.05) is 12.1 Å². The molecule has 8 nitrogen and oxygen atoms in total. The van der Waals surface area contributed by atoms with Crippen LogP contribution in [0, 0.1) is 0 Å². The van der Waals surface area contributed by atoms with E-state index in [4.69, 9.17) is 15.2 Å². The normalized spacial score (nSPS) is 13.4. The van der Waals surface area contributed by atoms with E-state index in [1.807, 2.05) is 24.3 Å². The van der Waals surface area contributed by atoms with Crippen molar-refractivity contribution < 1.29 is 19.1 Å². The maximum atomic E-state index is 12.4. The van der Waals surface area contributed by atoms with Crippen molar-refractivity contribution in [1.29, 1.82) is 0 Å². The summed E-state index contributed by atoms with van der Waals surface area (Å²) < 4.78 is 10.9. The van der Waals surface area contributed by atoms with Crippen LogP contribution in [-0.2, 0) is 0 Å². The molecule has 160 valence electrons. The molecule has 0 saturated carbocycles. The minimum absolute atomic E-state index is 0.286. The molecule has 8 heteroatoms. The maximum absolute atomic E-state index is 12.4. The molecule has 0 radical (unpaired) electrons. The lowest BCUT2D eigenvalue weighted by molar-refractivity contribution is 0.100. The van der Waals surface area contributed by atoms with Crippen molar-refractivity contribution in [3.05, 3.63) is 48.0 Å². The van der Waals surface area contributed by atoms with Crippen LogP contribution in [0.4, 0.5) is 16.2 Å². The number of hydrogen-bond acceptors (Lipinski definition) is 5. The predicted octanol–water partition coefficient (Wildman–Crippen LogP) is 2.98. The number of carbonyl (C=O) groups excluding carboxylic acids is 2. The average molecular weight is 412 g/mol. The number of urea groups is 1. The summed E-state index contributed by atoms with van der Waals surface area (Å²) in [5.41, 5.74) is 7.22. The largest absolute Gasteiger partial charge is 0.493 e. The first-order valence-electron chi connectivity index (χ1n) is 10.1. The summed E-state index contributed by atoms with van der Waals surface area (Å²) in [6, 6.07) is 12.1. The summed E-state index contributed by atoms with van der Waals surface area (Å²) in [6.07, 6.45) is 3.40. The van der Waals surface area contributed by atoms with E-state index in [0.717, 1.165) is 31.6 Å². The fourth-order valence-corrected chi connectivity index (χ4v) is 3.43. The molecular weight excluding hydrogens is 384 g/mol. The number of benzene rings is 2. The summed E-state index contributed by atoms with van der Waals surface area (Å²) >= 11 is 0. The average Bonchev–Trinajstić information content (AvgIpc) is 2.77. The van der Waals surface area contributed by atoms with Gasteiger partial charge >= 0.3 is 6.03 Å². The zero-order valence-corrected chi connectivity index (χ0v) is 17.1. The fraction of sp³-hybridized carbons (Fsp3) is 0.364. The van der Waals surface area contributed by atoms with Crippen LogP contribution < -0.4 is 30.7 Å². The second kappa shape index (κ2) is 10.4. The van der Waals surface area contributed by atoms with Crippen molar-refractivity contribution >= 4 is 23.3 Å². The van der Waals surface area contributed by atoms with Gasteiger partial charge in [0.25, 0.3) is 0 Å². The van der Waals surface area contributed by atoms with Crippen LogP contribution >= 0.6 is 0 Å². The van der Waals surface area contributed by atoms with Gasteiger partial charge in [-0.3, -0.25) is 4.79 Å². The Bertz CT molecular complexity index is 881. The predicted molar refractivity (Wildman–Crippen MR) is 117 cm³/mol. The summed E-state index contributed by atoms with van der Waals surface area (Å²) in [5.74, 6) is 0.717. The Kier molecular flexibility index (Phi) is 7.37. The second-order valence-electron chi connectivity index (χ2n) is 7.02. The molecule has 2 aromatic rings. The number of amides is 3. The Morgan fingerprint density at radius 2 is 1.80 bits per heavy atom. The molecule has 3 rings (SSSR count). The van der Waals surface area contributed by atoms with Crippen molar-refractivity contribution in [2.45, 2.75) is 19.3 Å². The van der Waals surface area contributed by atoms with E-state index in [2.05, 4.69) is 15.5 Å².